The van der Waals surface area contributed by atoms with Crippen LogP contribution in [0.15, 0.2) is 29.3 Å². The van der Waals surface area contributed by atoms with Gasteiger partial charge < -0.3 is 74.4 Å². The molecule has 0 aliphatic carbocycles. The monoisotopic (exact) mass is 863 g/mol. The summed E-state index contributed by atoms with van der Waals surface area (Å²) < 4.78 is 0. The Morgan fingerprint density at radius 1 is 0.852 bits per heavy atom. The lowest BCUT2D eigenvalue weighted by Crippen LogP contribution is -2.58. The molecule has 0 radical (unpaired) electrons. The van der Waals surface area contributed by atoms with E-state index >= 15 is 0 Å². The van der Waals surface area contributed by atoms with Gasteiger partial charge in [-0.25, -0.2) is 4.79 Å². The summed E-state index contributed by atoms with van der Waals surface area (Å²) in [4.78, 5) is 119. The molecule has 1 aromatic carbocycles. The number of carboxylic acid groups (broad SMARTS) is 2. The predicted molar refractivity (Wildman–Crippen MR) is 215 cm³/mol. The van der Waals surface area contributed by atoms with Crippen LogP contribution in [0.25, 0.3) is 0 Å². The van der Waals surface area contributed by atoms with Gasteiger partial charge >= 0.3 is 11.9 Å². The zero-order valence-corrected chi connectivity index (χ0v) is 33.9. The molecule has 1 fully saturated rings. The molecular formula is C37H57N11O13. The minimum absolute atomic E-state index is 0.0659. The number of likely N-dealkylation sites (tertiary alicyclic amines) is 1. The quantitative estimate of drug-likeness (QED) is 0.0249. The van der Waals surface area contributed by atoms with E-state index in [2.05, 4.69) is 36.9 Å². The Balaban J connectivity index is 2.11. The first-order valence-corrected chi connectivity index (χ1v) is 19.5. The van der Waals surface area contributed by atoms with Crippen molar-refractivity contribution >= 4 is 59.2 Å². The smallest absolute Gasteiger partial charge is 0.326 e. The first-order valence-electron chi connectivity index (χ1n) is 19.5. The number of nitrogens with two attached hydrogens (primary N) is 3. The van der Waals surface area contributed by atoms with Crippen molar-refractivity contribution in [3.8, 4) is 5.75 Å². The number of phenols is 1. The Hall–Kier alpha value is -6.56. The van der Waals surface area contributed by atoms with Crippen LogP contribution in [0.3, 0.4) is 0 Å². The first-order chi connectivity index (χ1) is 28.8. The molecule has 0 saturated carbocycles. The topological polar surface area (TPSA) is 400 Å². The molecule has 1 aliphatic rings. The van der Waals surface area contributed by atoms with Crippen LogP contribution < -0.4 is 49.1 Å². The Kier molecular flexibility index (Phi) is 20.9. The number of hydrogen-bond donors (Lipinski definition) is 13. The van der Waals surface area contributed by atoms with Gasteiger partial charge in [0.05, 0.1) is 32.2 Å². The fourth-order valence-electron chi connectivity index (χ4n) is 6.10. The number of guanidine groups is 1. The second-order valence-electron chi connectivity index (χ2n) is 14.3. The van der Waals surface area contributed by atoms with E-state index in [-0.39, 0.29) is 50.5 Å². The highest BCUT2D eigenvalue weighted by Crippen LogP contribution is 2.19. The van der Waals surface area contributed by atoms with Crippen LogP contribution in [0, 0.1) is 5.92 Å². The van der Waals surface area contributed by atoms with Crippen molar-refractivity contribution in [1.82, 2.24) is 36.8 Å². The van der Waals surface area contributed by atoms with Gasteiger partial charge in [-0.15, -0.1) is 0 Å². The number of benzene rings is 1. The minimum atomic E-state index is -1.59. The molecule has 7 atom stereocenters. The van der Waals surface area contributed by atoms with Crippen molar-refractivity contribution in [3.63, 3.8) is 0 Å². The largest absolute Gasteiger partial charge is 0.508 e. The SMILES string of the molecule is CC[C@H](C)[C@H](NC(=O)[C@H](Cc1ccc(O)cc1)NC(=O)CNC(=O)[C@@H]1CCCN1C(=O)[C@@H](N)CC(=O)O)C(=O)NCC(=O)N[C@@H](CO)C(=O)N[C@@H](CCCN=C(N)N)C(=O)O. The van der Waals surface area contributed by atoms with Gasteiger partial charge in [-0.3, -0.25) is 43.3 Å². The highest BCUT2D eigenvalue weighted by atomic mass is 16.4. The number of carbonyl (C=O) groups is 9. The summed E-state index contributed by atoms with van der Waals surface area (Å²) in [6.45, 7) is 1.34. The fraction of sp³-hybridized carbons (Fsp3) is 0.568. The highest BCUT2D eigenvalue weighted by molar-refractivity contribution is 5.96. The fourth-order valence-corrected chi connectivity index (χ4v) is 6.10. The van der Waals surface area contributed by atoms with Crippen LogP contribution in [-0.4, -0.2) is 154 Å². The van der Waals surface area contributed by atoms with Gasteiger partial charge in [0, 0.05) is 19.5 Å². The maximum atomic E-state index is 13.8. The molecule has 61 heavy (non-hydrogen) atoms. The summed E-state index contributed by atoms with van der Waals surface area (Å²) in [6, 6.07) is -2.27. The van der Waals surface area contributed by atoms with E-state index in [0.717, 1.165) is 4.90 Å². The Labute approximate surface area is 350 Å². The molecule has 1 saturated heterocycles. The molecule has 0 spiro atoms. The molecule has 7 amide bonds. The van der Waals surface area contributed by atoms with Crippen LogP contribution in [0.4, 0.5) is 0 Å². The number of nitrogens with zero attached hydrogens (tertiary/aromatic N) is 2. The van der Waals surface area contributed by atoms with Crippen molar-refractivity contribution in [1.29, 1.82) is 0 Å². The average Bonchev–Trinajstić information content (AvgIpc) is 3.70. The maximum absolute atomic E-state index is 13.8. The lowest BCUT2D eigenvalue weighted by molar-refractivity contribution is -0.144. The Bertz CT molecular complexity index is 1760. The third-order valence-electron chi connectivity index (χ3n) is 9.61. The minimum Gasteiger partial charge on any atom is -0.508 e. The van der Waals surface area contributed by atoms with Crippen molar-refractivity contribution in [2.24, 2.45) is 28.1 Å². The zero-order valence-electron chi connectivity index (χ0n) is 33.9. The van der Waals surface area contributed by atoms with Gasteiger partial charge in [-0.2, -0.15) is 0 Å². The van der Waals surface area contributed by atoms with Crippen LogP contribution in [-0.2, 0) is 49.6 Å². The number of aliphatic carboxylic acids is 2. The standard InChI is InChI=1S/C37H57N11O13/c1-3-19(2)30(34(58)43-17-28(52)45-25(18-49)32(56)46-23(36(60)61)6-4-12-41-37(39)40)47-31(55)24(14-20-8-10-21(50)11-9-20)44-27(51)16-42-33(57)26-7-5-13-48(26)35(59)22(38)15-29(53)54/h8-11,19,22-26,30,49-50H,3-7,12-18,38H2,1-2H3,(H,42,57)(H,43,58)(H,44,51)(H,45,52)(H,46,56)(H,47,55)(H,53,54)(H,60,61)(H4,39,40,41)/t19-,22-,23-,24-,25-,26-,30-/m0/s1. The number of carboxylic acids is 2. The number of phenolic OH excluding ortho intramolecular Hbond substituents is 1. The highest BCUT2D eigenvalue weighted by Gasteiger charge is 2.37. The maximum Gasteiger partial charge on any atom is 0.326 e. The van der Waals surface area contributed by atoms with E-state index in [0.29, 0.717) is 18.4 Å². The number of hydrogen-bond acceptors (Lipinski definition) is 13. The first kappa shape index (κ1) is 50.6. The second kappa shape index (κ2) is 25.2. The third-order valence-corrected chi connectivity index (χ3v) is 9.61. The molecule has 0 unspecified atom stereocenters. The lowest BCUT2D eigenvalue weighted by atomic mass is 9.97. The van der Waals surface area contributed by atoms with Crippen LogP contribution in [0.1, 0.15) is 57.9 Å². The number of aliphatic hydroxyl groups is 1. The van der Waals surface area contributed by atoms with E-state index in [1.165, 1.54) is 24.3 Å². The lowest BCUT2D eigenvalue weighted by Gasteiger charge is -2.27. The predicted octanol–water partition coefficient (Wildman–Crippen LogP) is -4.92. The molecule has 338 valence electrons. The third kappa shape index (κ3) is 17.3. The average molecular weight is 864 g/mol. The number of aliphatic imine (C=N–C) groups is 1. The Morgan fingerprint density at radius 2 is 1.46 bits per heavy atom. The zero-order chi connectivity index (χ0) is 45.8. The number of nitrogens with one attached hydrogen (secondary N) is 6. The molecule has 1 aromatic rings. The summed E-state index contributed by atoms with van der Waals surface area (Å²) in [6.07, 6.45) is 0.360. The van der Waals surface area contributed by atoms with Crippen LogP contribution in [0.5, 0.6) is 5.75 Å². The molecule has 2 rings (SSSR count). The van der Waals surface area contributed by atoms with Crippen LogP contribution >= 0.6 is 0 Å². The van der Waals surface area contributed by atoms with E-state index in [1.807, 2.05) is 0 Å². The van der Waals surface area contributed by atoms with Gasteiger partial charge in [0.1, 0.15) is 36.0 Å². The second-order valence-corrected chi connectivity index (χ2v) is 14.3. The summed E-state index contributed by atoms with van der Waals surface area (Å²) in [5, 5.41) is 52.3. The molecule has 24 nitrogen and oxygen atoms in total. The number of aromatic hydroxyl groups is 1. The number of aliphatic hydroxyl groups excluding tert-OH is 1. The van der Waals surface area contributed by atoms with Gasteiger partial charge in [-0.1, -0.05) is 32.4 Å². The molecular weight excluding hydrogens is 806 g/mol. The summed E-state index contributed by atoms with van der Waals surface area (Å²) in [7, 11) is 0. The van der Waals surface area contributed by atoms with E-state index in [4.69, 9.17) is 22.3 Å². The molecule has 24 heteroatoms. The summed E-state index contributed by atoms with van der Waals surface area (Å²) in [5.41, 5.74) is 16.7. The van der Waals surface area contributed by atoms with Crippen molar-refractivity contribution < 1.29 is 63.6 Å². The van der Waals surface area contributed by atoms with E-state index in [1.54, 1.807) is 13.8 Å². The molecule has 0 bridgehead atoms. The van der Waals surface area contributed by atoms with Gasteiger partial charge in [0.2, 0.25) is 41.4 Å². The van der Waals surface area contributed by atoms with Crippen LogP contribution in [0.2, 0.25) is 0 Å². The normalized spacial score (nSPS) is 16.3. The van der Waals surface area contributed by atoms with E-state index < -0.39 is 122 Å². The van der Waals surface area contributed by atoms with Gasteiger partial charge in [0.25, 0.3) is 0 Å². The summed E-state index contributed by atoms with van der Waals surface area (Å²) in [5.74, 6) is -9.34. The number of rotatable bonds is 25. The van der Waals surface area contributed by atoms with Gasteiger partial charge in [-0.05, 0) is 49.3 Å². The number of carbonyl (C=O) groups excluding carboxylic acids is 7. The van der Waals surface area contributed by atoms with Gasteiger partial charge in [0.15, 0.2) is 5.96 Å². The molecule has 1 aliphatic heterocycles. The summed E-state index contributed by atoms with van der Waals surface area (Å²) >= 11 is 0. The van der Waals surface area contributed by atoms with Crippen molar-refractivity contribution in [3.05, 3.63) is 29.8 Å². The molecule has 1 heterocycles. The van der Waals surface area contributed by atoms with Crippen molar-refractivity contribution in [2.75, 3.05) is 32.8 Å². The van der Waals surface area contributed by atoms with Crippen molar-refractivity contribution in [2.45, 2.75) is 95.0 Å². The number of amides is 7. The Morgan fingerprint density at radius 3 is 2.03 bits per heavy atom. The molecule has 16 N–H and O–H groups in total. The molecule has 0 aromatic heterocycles. The van der Waals surface area contributed by atoms with E-state index in [9.17, 15) is 58.5 Å².